The largest absolute Gasteiger partial charge is 0.343 e. The van der Waals surface area contributed by atoms with Crippen molar-refractivity contribution in [2.45, 2.75) is 6.92 Å². The molecular weight excluding hydrogens is 378 g/mol. The number of aryl methyl sites for hydroxylation is 1. The summed E-state index contributed by atoms with van der Waals surface area (Å²) in [5.74, 6) is -6.57. The number of pyridine rings is 1. The first-order chi connectivity index (χ1) is 13.3. The molecule has 2 N–H and O–H groups in total. The van der Waals surface area contributed by atoms with Crippen molar-refractivity contribution in [2.24, 2.45) is 0 Å². The summed E-state index contributed by atoms with van der Waals surface area (Å²) >= 11 is 0. The van der Waals surface area contributed by atoms with E-state index in [1.54, 1.807) is 6.92 Å². The van der Waals surface area contributed by atoms with Gasteiger partial charge in [-0.25, -0.2) is 17.6 Å². The van der Waals surface area contributed by atoms with E-state index in [1.165, 1.54) is 24.3 Å². The van der Waals surface area contributed by atoms with Crippen LogP contribution in [0.2, 0.25) is 0 Å². The number of halogens is 4. The topological polar surface area (TPSA) is 71.1 Å². The molecule has 2 amide bonds. The van der Waals surface area contributed by atoms with Crippen molar-refractivity contribution in [1.82, 2.24) is 10.3 Å². The van der Waals surface area contributed by atoms with Crippen molar-refractivity contribution in [3.63, 3.8) is 0 Å². The third kappa shape index (κ3) is 3.93. The van der Waals surface area contributed by atoms with Gasteiger partial charge in [0.25, 0.3) is 5.91 Å². The molecule has 0 aliphatic carbocycles. The first kappa shape index (κ1) is 19.3. The second kappa shape index (κ2) is 7.63. The molecule has 0 bridgehead atoms. The Labute approximate surface area is 156 Å². The highest BCUT2D eigenvalue weighted by molar-refractivity contribution is 6.01. The lowest BCUT2D eigenvalue weighted by atomic mass is 10.1. The highest BCUT2D eigenvalue weighted by Crippen LogP contribution is 2.20. The summed E-state index contributed by atoms with van der Waals surface area (Å²) in [6.45, 7) is 1.01. The third-order valence-electron chi connectivity index (χ3n) is 3.93. The van der Waals surface area contributed by atoms with Gasteiger partial charge in [-0.3, -0.25) is 14.6 Å². The molecule has 0 aliphatic heterocycles. The number of carbonyl (C=O) groups is 2. The molecule has 1 heterocycles. The summed E-state index contributed by atoms with van der Waals surface area (Å²) < 4.78 is 52.9. The summed E-state index contributed by atoms with van der Waals surface area (Å²) in [6.07, 6.45) is 0. The summed E-state index contributed by atoms with van der Waals surface area (Å²) in [5, 5.41) is 4.90. The zero-order valence-corrected chi connectivity index (χ0v) is 14.4. The Morgan fingerprint density at radius 3 is 2.50 bits per heavy atom. The molecule has 1 aromatic heterocycles. The lowest BCUT2D eigenvalue weighted by Crippen LogP contribution is -2.33. The Bertz CT molecular complexity index is 1100. The van der Waals surface area contributed by atoms with Gasteiger partial charge in [-0.15, -0.1) is 0 Å². The standard InChI is InChI=1S/C19H13F4N3O2/c1-9-12(6-10-2-3-11(20)7-15(10)25-9)19(28)24-8-16(27)26-14-5-4-13(21)17(22)18(14)23/h2-7H,8H2,1H3,(H,24,28)(H,26,27). The summed E-state index contributed by atoms with van der Waals surface area (Å²) in [6, 6.07) is 6.95. The van der Waals surface area contributed by atoms with Crippen LogP contribution in [0.5, 0.6) is 0 Å². The molecule has 28 heavy (non-hydrogen) atoms. The van der Waals surface area contributed by atoms with Gasteiger partial charge >= 0.3 is 0 Å². The average Bonchev–Trinajstić information content (AvgIpc) is 2.66. The van der Waals surface area contributed by atoms with Gasteiger partial charge in [-0.1, -0.05) is 0 Å². The predicted octanol–water partition coefficient (Wildman–Crippen LogP) is 3.47. The number of carbonyl (C=O) groups excluding carboxylic acids is 2. The zero-order chi connectivity index (χ0) is 20.4. The molecule has 9 heteroatoms. The van der Waals surface area contributed by atoms with Gasteiger partial charge in [-0.05, 0) is 37.3 Å². The van der Waals surface area contributed by atoms with Gasteiger partial charge in [0.1, 0.15) is 5.82 Å². The number of nitrogens with one attached hydrogen (secondary N) is 2. The van der Waals surface area contributed by atoms with E-state index in [9.17, 15) is 27.2 Å². The first-order valence-electron chi connectivity index (χ1n) is 8.04. The molecule has 0 aliphatic rings. The zero-order valence-electron chi connectivity index (χ0n) is 14.4. The third-order valence-corrected chi connectivity index (χ3v) is 3.93. The lowest BCUT2D eigenvalue weighted by Gasteiger charge is -2.10. The normalized spacial score (nSPS) is 10.8. The molecule has 144 valence electrons. The van der Waals surface area contributed by atoms with E-state index in [-0.39, 0.29) is 5.56 Å². The van der Waals surface area contributed by atoms with Crippen molar-refractivity contribution in [3.8, 4) is 0 Å². The molecule has 0 saturated heterocycles. The van der Waals surface area contributed by atoms with Crippen molar-refractivity contribution in [3.05, 3.63) is 70.9 Å². The van der Waals surface area contributed by atoms with Crippen LogP contribution in [-0.2, 0) is 4.79 Å². The van der Waals surface area contributed by atoms with E-state index >= 15 is 0 Å². The van der Waals surface area contributed by atoms with Crippen LogP contribution in [0, 0.1) is 30.2 Å². The second-order valence-electron chi connectivity index (χ2n) is 5.91. The number of aromatic nitrogens is 1. The minimum Gasteiger partial charge on any atom is -0.343 e. The predicted molar refractivity (Wildman–Crippen MR) is 93.7 cm³/mol. The SMILES string of the molecule is Cc1nc2cc(F)ccc2cc1C(=O)NCC(=O)Nc1ccc(F)c(F)c1F. The van der Waals surface area contributed by atoms with Crippen LogP contribution >= 0.6 is 0 Å². The van der Waals surface area contributed by atoms with Crippen LogP contribution in [-0.4, -0.2) is 23.3 Å². The van der Waals surface area contributed by atoms with E-state index in [1.807, 2.05) is 5.32 Å². The molecule has 3 rings (SSSR count). The molecule has 3 aromatic rings. The van der Waals surface area contributed by atoms with Crippen LogP contribution in [0.15, 0.2) is 36.4 Å². The quantitative estimate of drug-likeness (QED) is 0.529. The number of anilines is 1. The van der Waals surface area contributed by atoms with Crippen LogP contribution < -0.4 is 10.6 Å². The van der Waals surface area contributed by atoms with Crippen molar-refractivity contribution < 1.29 is 27.2 Å². The smallest absolute Gasteiger partial charge is 0.253 e. The van der Waals surface area contributed by atoms with E-state index in [2.05, 4.69) is 10.3 Å². The number of hydrogen-bond donors (Lipinski definition) is 2. The van der Waals surface area contributed by atoms with Crippen LogP contribution in [0.4, 0.5) is 23.2 Å². The Balaban J connectivity index is 1.69. The molecule has 5 nitrogen and oxygen atoms in total. The number of amides is 2. The number of benzene rings is 2. The Morgan fingerprint density at radius 1 is 1.00 bits per heavy atom. The minimum absolute atomic E-state index is 0.172. The Kier molecular flexibility index (Phi) is 5.25. The molecule has 0 atom stereocenters. The van der Waals surface area contributed by atoms with Crippen molar-refractivity contribution in [2.75, 3.05) is 11.9 Å². The summed E-state index contributed by atoms with van der Waals surface area (Å²) in [5.41, 5.74) is 0.318. The fourth-order valence-corrected chi connectivity index (χ4v) is 2.54. The van der Waals surface area contributed by atoms with Crippen molar-refractivity contribution >= 4 is 28.4 Å². The van der Waals surface area contributed by atoms with Crippen LogP contribution in [0.1, 0.15) is 16.1 Å². The number of fused-ring (bicyclic) bond motifs is 1. The molecule has 0 unspecified atom stereocenters. The fourth-order valence-electron chi connectivity index (χ4n) is 2.54. The molecular formula is C19H13F4N3O2. The van der Waals surface area contributed by atoms with Gasteiger partial charge in [0, 0.05) is 11.5 Å². The maximum Gasteiger partial charge on any atom is 0.253 e. The fraction of sp³-hybridized carbons (Fsp3) is 0.105. The number of nitrogens with zero attached hydrogens (tertiary/aromatic N) is 1. The molecule has 0 fully saturated rings. The van der Waals surface area contributed by atoms with Crippen LogP contribution in [0.3, 0.4) is 0 Å². The van der Waals surface area contributed by atoms with Gasteiger partial charge < -0.3 is 10.6 Å². The van der Waals surface area contributed by atoms with E-state index in [0.29, 0.717) is 22.7 Å². The Morgan fingerprint density at radius 2 is 1.75 bits per heavy atom. The Hall–Kier alpha value is -3.49. The maximum atomic E-state index is 13.6. The number of rotatable bonds is 4. The molecule has 2 aromatic carbocycles. The van der Waals surface area contributed by atoms with E-state index < -0.39 is 47.3 Å². The second-order valence-corrected chi connectivity index (χ2v) is 5.91. The van der Waals surface area contributed by atoms with Gasteiger partial charge in [0.2, 0.25) is 5.91 Å². The van der Waals surface area contributed by atoms with Gasteiger partial charge in [0.05, 0.1) is 29.0 Å². The molecule has 0 radical (unpaired) electrons. The minimum atomic E-state index is -1.71. The first-order valence-corrected chi connectivity index (χ1v) is 8.04. The summed E-state index contributed by atoms with van der Waals surface area (Å²) in [4.78, 5) is 28.3. The monoisotopic (exact) mass is 391 g/mol. The van der Waals surface area contributed by atoms with Gasteiger partial charge in [-0.2, -0.15) is 0 Å². The van der Waals surface area contributed by atoms with E-state index in [0.717, 1.165) is 6.07 Å². The number of hydrogen-bond acceptors (Lipinski definition) is 3. The average molecular weight is 391 g/mol. The lowest BCUT2D eigenvalue weighted by molar-refractivity contribution is -0.115. The maximum absolute atomic E-state index is 13.6. The van der Waals surface area contributed by atoms with Gasteiger partial charge in [0.15, 0.2) is 17.5 Å². The van der Waals surface area contributed by atoms with E-state index in [4.69, 9.17) is 0 Å². The molecule has 0 saturated carbocycles. The van der Waals surface area contributed by atoms with Crippen LogP contribution in [0.25, 0.3) is 10.9 Å². The molecule has 0 spiro atoms. The van der Waals surface area contributed by atoms with Crippen molar-refractivity contribution in [1.29, 1.82) is 0 Å². The summed E-state index contributed by atoms with van der Waals surface area (Å²) in [7, 11) is 0. The highest BCUT2D eigenvalue weighted by atomic mass is 19.2. The highest BCUT2D eigenvalue weighted by Gasteiger charge is 2.17.